The van der Waals surface area contributed by atoms with E-state index >= 15 is 4.79 Å². The summed E-state index contributed by atoms with van der Waals surface area (Å²) in [5.41, 5.74) is 0.832. The van der Waals surface area contributed by atoms with Crippen molar-refractivity contribution in [3.8, 4) is 0 Å². The molecule has 1 aromatic carbocycles. The van der Waals surface area contributed by atoms with Crippen molar-refractivity contribution in [1.29, 1.82) is 0 Å². The number of allylic oxidation sites excluding steroid dienone is 3. The van der Waals surface area contributed by atoms with Gasteiger partial charge in [0.05, 0.1) is 0 Å². The minimum absolute atomic E-state index is 0.00354. The van der Waals surface area contributed by atoms with Gasteiger partial charge < -0.3 is 0 Å². The fourth-order valence-electron chi connectivity index (χ4n) is 7.96. The van der Waals surface area contributed by atoms with Crippen LogP contribution >= 0.6 is 0 Å². The zero-order chi connectivity index (χ0) is 32.9. The molecule has 0 aromatic heterocycles. The summed E-state index contributed by atoms with van der Waals surface area (Å²) in [6.45, 7) is 30.5. The average molecular weight is 700 g/mol. The Hall–Kier alpha value is -1.09. The predicted octanol–water partition coefficient (Wildman–Crippen LogP) is 8.29. The first kappa shape index (κ1) is 34.3. The van der Waals surface area contributed by atoms with Crippen molar-refractivity contribution in [2.45, 2.75) is 122 Å². The van der Waals surface area contributed by atoms with Crippen LogP contribution in [0.1, 0.15) is 75.2 Å². The van der Waals surface area contributed by atoms with Crippen LogP contribution in [0.15, 0.2) is 53.6 Å². The molecule has 2 saturated carbocycles. The maximum absolute atomic E-state index is 15.5. The first-order valence-corrected chi connectivity index (χ1v) is 24.2. The van der Waals surface area contributed by atoms with Crippen molar-refractivity contribution >= 4 is 47.6 Å². The minimum atomic E-state index is -2.19. The van der Waals surface area contributed by atoms with Crippen LogP contribution in [0.5, 0.6) is 0 Å². The molecule has 1 spiro atoms. The molecule has 0 N–H and O–H groups in total. The molecule has 0 aliphatic heterocycles. The van der Waals surface area contributed by atoms with Gasteiger partial charge >= 0.3 is 277 Å². The molecule has 4 nitrogen and oxygen atoms in total. The number of ketones is 2. The molecule has 7 heteroatoms. The zero-order valence-corrected chi connectivity index (χ0v) is 33.2. The summed E-state index contributed by atoms with van der Waals surface area (Å²) in [4.78, 5) is 28.8. The van der Waals surface area contributed by atoms with Gasteiger partial charge in [0, 0.05) is 0 Å². The Labute approximate surface area is 275 Å². The summed E-state index contributed by atoms with van der Waals surface area (Å²) in [6, 6.07) is 10.7. The van der Waals surface area contributed by atoms with Crippen molar-refractivity contribution in [2.24, 2.45) is 28.6 Å². The van der Waals surface area contributed by atoms with Gasteiger partial charge in [-0.1, -0.05) is 0 Å². The number of Topliss-reactive ketones (excluding diaryl/α,β-unsaturated/α-hetero) is 1. The summed E-state index contributed by atoms with van der Waals surface area (Å²) in [6.07, 6.45) is 5.18. The molecule has 1 aromatic rings. The topological polar surface area (TPSA) is 52.6 Å². The molecule has 4 aliphatic carbocycles. The van der Waals surface area contributed by atoms with Crippen LogP contribution in [0.2, 0.25) is 41.1 Å². The number of benzene rings is 1. The van der Waals surface area contributed by atoms with E-state index in [4.69, 9.17) is 8.85 Å². The second kappa shape index (κ2) is 10.7. The fourth-order valence-corrected chi connectivity index (χ4v) is 13.4. The molecule has 4 aliphatic rings. The number of carbonyl (C=O) groups is 2. The molecular weight excluding hydrogens is 644 g/mol. The van der Waals surface area contributed by atoms with Gasteiger partial charge in [-0.25, -0.2) is 0 Å². The first-order chi connectivity index (χ1) is 20.0. The van der Waals surface area contributed by atoms with Crippen molar-refractivity contribution in [2.75, 3.05) is 6.61 Å². The SMILES string of the molecule is C[C@@H]1C[C@]2(O[Si](C)(C)C(C)(C)C)[C@H]([C@H]3C(=O)[C@]14CC(=O)C=C4C=C(CO[Si](C)(C)C(C)(C)C)[C@@H]3[Se]c1ccccc1)C2(C)C. The van der Waals surface area contributed by atoms with Gasteiger partial charge in [-0.3, -0.25) is 0 Å². The predicted molar refractivity (Wildman–Crippen MR) is 188 cm³/mol. The number of hydrogen-bond acceptors (Lipinski definition) is 4. The van der Waals surface area contributed by atoms with E-state index in [9.17, 15) is 4.79 Å². The molecule has 0 radical (unpaired) electrons. The second-order valence-corrected chi connectivity index (χ2v) is 29.9. The molecular formula is C37H56O4SeSi2. The van der Waals surface area contributed by atoms with Crippen molar-refractivity contribution in [3.05, 3.63) is 53.6 Å². The number of fused-ring (bicyclic) bond motifs is 3. The Bertz CT molecular complexity index is 1400. The van der Waals surface area contributed by atoms with Crippen LogP contribution in [0.4, 0.5) is 0 Å². The third kappa shape index (κ3) is 5.20. The van der Waals surface area contributed by atoms with E-state index in [2.05, 4.69) is 125 Å². The molecule has 0 heterocycles. The Morgan fingerprint density at radius 2 is 1.50 bits per heavy atom. The third-order valence-corrected chi connectivity index (χ3v) is 24.7. The van der Waals surface area contributed by atoms with Gasteiger partial charge in [-0.15, -0.1) is 0 Å². The van der Waals surface area contributed by atoms with Gasteiger partial charge in [-0.05, 0) is 0 Å². The molecule has 0 saturated heterocycles. The molecule has 5 rings (SSSR count). The standard InChI is InChI=1S/C37H56O4SeSi2/c1-24-21-37(41-44(12,13)34(5,6)7)31(35(37,8)9)29-30(42-28-17-15-14-16-18-28)25(23-40-43(10,11)33(2,3)4)19-26-20-27(38)22-36(24,26)32(29)39/h14-20,24,29-31H,21-23H2,1-13H3/t24-,29+,30+,31-,36-,37+/m1/s1. The van der Waals surface area contributed by atoms with Crippen molar-refractivity contribution < 1.29 is 18.4 Å². The van der Waals surface area contributed by atoms with E-state index in [1.807, 2.05) is 0 Å². The Kier molecular flexibility index (Phi) is 8.34. The van der Waals surface area contributed by atoms with Crippen LogP contribution < -0.4 is 4.46 Å². The van der Waals surface area contributed by atoms with Crippen LogP contribution in [-0.2, 0) is 18.4 Å². The molecule has 0 unspecified atom stereocenters. The van der Waals surface area contributed by atoms with E-state index in [-0.39, 0.29) is 64.4 Å². The Morgan fingerprint density at radius 1 is 0.909 bits per heavy atom. The van der Waals surface area contributed by atoms with Gasteiger partial charge in [0.25, 0.3) is 0 Å². The van der Waals surface area contributed by atoms with Gasteiger partial charge in [0.1, 0.15) is 0 Å². The molecule has 6 atom stereocenters. The molecule has 2 bridgehead atoms. The van der Waals surface area contributed by atoms with Crippen LogP contribution in [0, 0.1) is 28.6 Å². The number of hydrogen-bond donors (Lipinski definition) is 0. The molecule has 44 heavy (non-hydrogen) atoms. The zero-order valence-electron chi connectivity index (χ0n) is 29.5. The van der Waals surface area contributed by atoms with Crippen molar-refractivity contribution in [1.82, 2.24) is 0 Å². The number of rotatable bonds is 7. The summed E-state index contributed by atoms with van der Waals surface area (Å²) in [5, 5.41) is 0.128. The van der Waals surface area contributed by atoms with Gasteiger partial charge in [0.15, 0.2) is 0 Å². The fraction of sp³-hybridized carbons (Fsp3) is 0.676. The second-order valence-electron chi connectivity index (χ2n) is 17.8. The monoisotopic (exact) mass is 700 g/mol. The van der Waals surface area contributed by atoms with Gasteiger partial charge in [0.2, 0.25) is 0 Å². The Morgan fingerprint density at radius 3 is 2.07 bits per heavy atom. The first-order valence-electron chi connectivity index (χ1n) is 16.6. The summed E-state index contributed by atoms with van der Waals surface area (Å²) in [5.74, 6) is 0.265. The molecule has 242 valence electrons. The van der Waals surface area contributed by atoms with Crippen LogP contribution in [0.25, 0.3) is 0 Å². The van der Waals surface area contributed by atoms with Gasteiger partial charge in [-0.2, -0.15) is 0 Å². The third-order valence-electron chi connectivity index (χ3n) is 12.8. The van der Waals surface area contributed by atoms with E-state index in [0.717, 1.165) is 12.0 Å². The number of carbonyl (C=O) groups excluding carboxylic acids is 2. The Balaban J connectivity index is 1.71. The quantitative estimate of drug-likeness (QED) is 0.269. The summed E-state index contributed by atoms with van der Waals surface area (Å²) >= 11 is 0.00354. The maximum atomic E-state index is 15.5. The molecule has 2 fully saturated rings. The average Bonchev–Trinajstić information content (AvgIpc) is 3.18. The normalized spacial score (nSPS) is 33.6. The molecule has 0 amide bonds. The van der Waals surface area contributed by atoms with Crippen LogP contribution in [0.3, 0.4) is 0 Å². The van der Waals surface area contributed by atoms with E-state index in [0.29, 0.717) is 18.8 Å². The summed E-state index contributed by atoms with van der Waals surface area (Å²) in [7, 11) is -4.26. The van der Waals surface area contributed by atoms with E-state index in [1.54, 1.807) is 6.08 Å². The van der Waals surface area contributed by atoms with Crippen LogP contribution in [-0.4, -0.2) is 55.4 Å². The van der Waals surface area contributed by atoms with E-state index < -0.39 is 22.0 Å². The van der Waals surface area contributed by atoms with Crippen molar-refractivity contribution in [3.63, 3.8) is 0 Å². The summed E-state index contributed by atoms with van der Waals surface area (Å²) < 4.78 is 15.8. The van der Waals surface area contributed by atoms with E-state index in [1.165, 1.54) is 10.0 Å².